The van der Waals surface area contributed by atoms with Gasteiger partial charge in [-0.2, -0.15) is 0 Å². The molecule has 9 nitrogen and oxygen atoms in total. The Morgan fingerprint density at radius 2 is 2.03 bits per heavy atom. The first-order valence-electron chi connectivity index (χ1n) is 11.9. The van der Waals surface area contributed by atoms with Crippen LogP contribution in [0.15, 0.2) is 61.1 Å². The summed E-state index contributed by atoms with van der Waals surface area (Å²) < 4.78 is 2.07. The van der Waals surface area contributed by atoms with E-state index in [2.05, 4.69) is 43.3 Å². The van der Waals surface area contributed by atoms with E-state index in [4.69, 9.17) is 11.6 Å². The van der Waals surface area contributed by atoms with Crippen molar-refractivity contribution in [3.05, 3.63) is 93.0 Å². The van der Waals surface area contributed by atoms with Gasteiger partial charge < -0.3 is 15.0 Å². The van der Waals surface area contributed by atoms with Crippen molar-refractivity contribution < 1.29 is 9.72 Å². The second kappa shape index (κ2) is 8.91. The topological polar surface area (TPSA) is 114 Å². The van der Waals surface area contributed by atoms with Crippen LogP contribution in [-0.4, -0.2) is 25.2 Å². The number of rotatable bonds is 8. The predicted octanol–water partition coefficient (Wildman–Crippen LogP) is 5.52. The second-order valence-corrected chi connectivity index (χ2v) is 9.85. The Morgan fingerprint density at radius 1 is 1.17 bits per heavy atom. The molecule has 0 spiro atoms. The van der Waals surface area contributed by atoms with Gasteiger partial charge in [0.15, 0.2) is 0 Å². The molecule has 0 saturated heterocycles. The molecular formula is C26H23ClN6O3. The van der Waals surface area contributed by atoms with Gasteiger partial charge >= 0.3 is 0 Å². The molecule has 6 rings (SSSR count). The molecule has 0 bridgehead atoms. The highest BCUT2D eigenvalue weighted by atomic mass is 35.5. The molecule has 0 aliphatic heterocycles. The summed E-state index contributed by atoms with van der Waals surface area (Å²) in [7, 11) is 0. The van der Waals surface area contributed by atoms with Crippen molar-refractivity contribution in [2.45, 2.75) is 37.6 Å². The lowest BCUT2D eigenvalue weighted by Gasteiger charge is -2.08. The number of nitrogens with one attached hydrogen (secondary N) is 2. The minimum absolute atomic E-state index is 0.0141. The first-order chi connectivity index (χ1) is 17.4. The molecule has 2 atom stereocenters. The van der Waals surface area contributed by atoms with Gasteiger partial charge in [0.25, 0.3) is 5.69 Å². The number of anilines is 2. The van der Waals surface area contributed by atoms with Gasteiger partial charge in [-0.05, 0) is 55.0 Å². The van der Waals surface area contributed by atoms with E-state index < -0.39 is 4.92 Å². The van der Waals surface area contributed by atoms with Crippen molar-refractivity contribution in [1.29, 1.82) is 0 Å². The van der Waals surface area contributed by atoms with Gasteiger partial charge in [-0.25, -0.2) is 9.97 Å². The Bertz CT molecular complexity index is 1500. The number of pyridine rings is 2. The molecule has 2 fully saturated rings. The number of hydrogen-bond acceptors (Lipinski definition) is 6. The lowest BCUT2D eigenvalue weighted by Crippen LogP contribution is -2.16. The maximum atomic E-state index is 12.8. The Labute approximate surface area is 211 Å². The van der Waals surface area contributed by atoms with Gasteiger partial charge in [0.1, 0.15) is 11.5 Å². The van der Waals surface area contributed by atoms with Gasteiger partial charge in [0, 0.05) is 58.8 Å². The number of amides is 1. The molecule has 2 saturated carbocycles. The molecule has 0 unspecified atom stereocenters. The van der Waals surface area contributed by atoms with E-state index in [0.717, 1.165) is 17.0 Å². The van der Waals surface area contributed by atoms with E-state index in [-0.39, 0.29) is 23.4 Å². The molecule has 3 heterocycles. The van der Waals surface area contributed by atoms with E-state index in [0.29, 0.717) is 35.3 Å². The van der Waals surface area contributed by atoms with E-state index in [9.17, 15) is 14.9 Å². The largest absolute Gasteiger partial charge is 0.379 e. The third-order valence-corrected chi connectivity index (χ3v) is 7.01. The average Bonchev–Trinajstić information content (AvgIpc) is 3.78. The van der Waals surface area contributed by atoms with Crippen LogP contribution < -0.4 is 10.6 Å². The number of carbonyl (C=O) groups excluding carboxylic acids is 1. The van der Waals surface area contributed by atoms with Crippen molar-refractivity contribution in [2.24, 2.45) is 5.92 Å². The van der Waals surface area contributed by atoms with E-state index in [1.807, 2.05) is 12.3 Å². The number of nitro groups is 1. The van der Waals surface area contributed by atoms with Gasteiger partial charge in [0.05, 0.1) is 17.2 Å². The van der Waals surface area contributed by atoms with Gasteiger partial charge in [-0.3, -0.25) is 14.9 Å². The van der Waals surface area contributed by atoms with Crippen molar-refractivity contribution in [3.63, 3.8) is 0 Å². The molecular weight excluding hydrogens is 480 g/mol. The van der Waals surface area contributed by atoms with Crippen molar-refractivity contribution in [1.82, 2.24) is 14.4 Å². The number of fused-ring (bicyclic) bond motifs is 1. The maximum Gasteiger partial charge on any atom is 0.272 e. The number of benzene rings is 1. The Balaban J connectivity index is 1.09. The lowest BCUT2D eigenvalue weighted by molar-refractivity contribution is -0.385. The summed E-state index contributed by atoms with van der Waals surface area (Å²) in [4.78, 5) is 32.7. The van der Waals surface area contributed by atoms with Crippen molar-refractivity contribution >= 4 is 40.3 Å². The predicted molar refractivity (Wildman–Crippen MR) is 136 cm³/mol. The maximum absolute atomic E-state index is 12.8. The van der Waals surface area contributed by atoms with Crippen LogP contribution in [0.3, 0.4) is 0 Å². The number of imidazole rings is 1. The number of halogens is 1. The van der Waals surface area contributed by atoms with Crippen molar-refractivity contribution in [2.75, 3.05) is 10.6 Å². The fourth-order valence-electron chi connectivity index (χ4n) is 4.64. The summed E-state index contributed by atoms with van der Waals surface area (Å²) in [5.41, 5.74) is 4.46. The van der Waals surface area contributed by atoms with Crippen LogP contribution in [0.25, 0.3) is 5.65 Å². The first kappa shape index (κ1) is 22.5. The molecule has 2 aliphatic rings. The highest BCUT2D eigenvalue weighted by Gasteiger charge is 2.47. The summed E-state index contributed by atoms with van der Waals surface area (Å²) in [6.07, 6.45) is 8.86. The normalized spacial score (nSPS) is 18.7. The zero-order chi connectivity index (χ0) is 24.8. The minimum atomic E-state index is -0.440. The summed E-state index contributed by atoms with van der Waals surface area (Å²) in [6, 6.07) is 12.2. The van der Waals surface area contributed by atoms with Crippen LogP contribution >= 0.6 is 11.6 Å². The van der Waals surface area contributed by atoms with E-state index in [1.165, 1.54) is 30.5 Å². The Kier molecular flexibility index (Phi) is 5.56. The molecule has 182 valence electrons. The lowest BCUT2D eigenvalue weighted by atomic mass is 10.1. The number of nitrogens with zero attached hydrogens (tertiary/aromatic N) is 4. The number of nitro benzene ring substituents is 1. The standard InChI is InChI=1S/C26H23ClN6O3/c27-17-4-5-23(33(35)36)21(9-17)20-11-22(20)26(34)31-24-10-18(7-8-28-24)29-12-19-14-32-13-16(15-1-2-15)3-6-25(32)30-19/h3-10,13-15,20,22H,1-2,11-12H2,(H2,28,29,31,34)/t20-,22+/m1/s1. The Hall–Kier alpha value is -3.98. The molecule has 10 heteroatoms. The van der Waals surface area contributed by atoms with Crippen LogP contribution in [0.1, 0.15) is 47.9 Å². The second-order valence-electron chi connectivity index (χ2n) is 9.42. The SMILES string of the molecule is O=C(Nc1cc(NCc2cn3cc(C4CC4)ccc3n2)ccn1)[C@H]1C[C@@H]1c1cc(Cl)ccc1[N+](=O)[O-]. The van der Waals surface area contributed by atoms with Gasteiger partial charge in [-0.15, -0.1) is 0 Å². The van der Waals surface area contributed by atoms with E-state index in [1.54, 1.807) is 18.3 Å². The molecule has 3 aromatic heterocycles. The zero-order valence-corrected chi connectivity index (χ0v) is 20.0. The summed E-state index contributed by atoms with van der Waals surface area (Å²) in [6.45, 7) is 0.529. The molecule has 0 radical (unpaired) electrons. The summed E-state index contributed by atoms with van der Waals surface area (Å²) in [5.74, 6) is 0.293. The monoisotopic (exact) mass is 502 g/mol. The van der Waals surface area contributed by atoms with Crippen LogP contribution in [0, 0.1) is 16.0 Å². The smallest absolute Gasteiger partial charge is 0.272 e. The van der Waals surface area contributed by atoms with Crippen LogP contribution in [0.5, 0.6) is 0 Å². The van der Waals surface area contributed by atoms with Crippen molar-refractivity contribution in [3.8, 4) is 0 Å². The average molecular weight is 503 g/mol. The van der Waals surface area contributed by atoms with Crippen LogP contribution in [-0.2, 0) is 11.3 Å². The van der Waals surface area contributed by atoms with Crippen LogP contribution in [0.2, 0.25) is 5.02 Å². The highest BCUT2D eigenvalue weighted by molar-refractivity contribution is 6.30. The fraction of sp³-hybridized carbons (Fsp3) is 0.269. The molecule has 2 N–H and O–H groups in total. The third kappa shape index (κ3) is 4.61. The number of hydrogen-bond donors (Lipinski definition) is 2. The summed E-state index contributed by atoms with van der Waals surface area (Å²) >= 11 is 6.04. The third-order valence-electron chi connectivity index (χ3n) is 6.77. The minimum Gasteiger partial charge on any atom is -0.379 e. The molecule has 4 aromatic rings. The molecule has 1 aromatic carbocycles. The number of carbonyl (C=O) groups is 1. The van der Waals surface area contributed by atoms with Crippen LogP contribution in [0.4, 0.5) is 17.2 Å². The summed E-state index contributed by atoms with van der Waals surface area (Å²) in [5, 5.41) is 18.0. The fourth-order valence-corrected chi connectivity index (χ4v) is 4.82. The molecule has 36 heavy (non-hydrogen) atoms. The Morgan fingerprint density at radius 3 is 2.83 bits per heavy atom. The quantitative estimate of drug-likeness (QED) is 0.242. The number of aromatic nitrogens is 3. The first-order valence-corrected chi connectivity index (χ1v) is 12.2. The van der Waals surface area contributed by atoms with Gasteiger partial charge in [-0.1, -0.05) is 17.7 Å². The van der Waals surface area contributed by atoms with E-state index >= 15 is 0 Å². The highest BCUT2D eigenvalue weighted by Crippen LogP contribution is 2.51. The zero-order valence-electron chi connectivity index (χ0n) is 19.2. The van der Waals surface area contributed by atoms with Gasteiger partial charge in [0.2, 0.25) is 5.91 Å². The molecule has 1 amide bonds. The molecule has 2 aliphatic carbocycles.